The van der Waals surface area contributed by atoms with Gasteiger partial charge in [-0.2, -0.15) is 0 Å². The molecule has 10 heteroatoms. The number of carbonyl (C=O) groups is 3. The molecule has 4 heterocycles. The summed E-state index contributed by atoms with van der Waals surface area (Å²) in [6, 6.07) is 23.3. The Balaban J connectivity index is 1.20. The minimum atomic E-state index is -0.945. The summed E-state index contributed by atoms with van der Waals surface area (Å²) >= 11 is 0. The van der Waals surface area contributed by atoms with Crippen molar-refractivity contribution in [2.75, 3.05) is 52.9 Å². The molecule has 46 heavy (non-hydrogen) atoms. The molecular formula is C36H41N5O5. The molecular weight excluding hydrogens is 582 g/mol. The van der Waals surface area contributed by atoms with Crippen LogP contribution in [-0.4, -0.2) is 103 Å². The lowest BCUT2D eigenvalue weighted by atomic mass is 9.81. The first-order chi connectivity index (χ1) is 22.3. The first-order valence-corrected chi connectivity index (χ1v) is 15.9. The van der Waals surface area contributed by atoms with E-state index in [1.807, 2.05) is 85.8 Å². The summed E-state index contributed by atoms with van der Waals surface area (Å²) in [5.41, 5.74) is 2.01. The highest BCUT2D eigenvalue weighted by Crippen LogP contribution is 2.50. The van der Waals surface area contributed by atoms with E-state index in [4.69, 9.17) is 9.47 Å². The number of piperazine rings is 1. The van der Waals surface area contributed by atoms with Crippen LogP contribution in [0.15, 0.2) is 90.6 Å². The fraction of sp³-hybridized carbons (Fsp3) is 0.389. The number of hydrogen-bond donors (Lipinski definition) is 1. The van der Waals surface area contributed by atoms with E-state index in [-0.39, 0.29) is 18.6 Å². The molecule has 10 nitrogen and oxygen atoms in total. The van der Waals surface area contributed by atoms with Crippen LogP contribution in [0.4, 0.5) is 4.79 Å². The number of nitrogens with zero attached hydrogens (tertiary/aromatic N) is 4. The molecule has 0 saturated carbocycles. The van der Waals surface area contributed by atoms with Gasteiger partial charge in [0.25, 0.3) is 5.91 Å². The highest BCUT2D eigenvalue weighted by Gasteiger charge is 2.63. The highest BCUT2D eigenvalue weighted by molar-refractivity contribution is 6.08. The zero-order valence-corrected chi connectivity index (χ0v) is 26.4. The van der Waals surface area contributed by atoms with Gasteiger partial charge in [0.2, 0.25) is 0 Å². The molecule has 1 aromatic heterocycles. The van der Waals surface area contributed by atoms with Crippen molar-refractivity contribution in [1.29, 1.82) is 0 Å². The number of nitrogens with one attached hydrogen (secondary N) is 1. The molecule has 2 amide bonds. The minimum Gasteiger partial charge on any atom is -0.451 e. The monoisotopic (exact) mass is 623 g/mol. The number of carbonyl (C=O) groups excluding carboxylic acids is 3. The van der Waals surface area contributed by atoms with E-state index in [1.165, 1.54) is 0 Å². The molecule has 0 aliphatic carbocycles. The molecule has 0 spiro atoms. The smallest absolute Gasteiger partial charge is 0.407 e. The number of ether oxygens (including phenoxy) is 2. The molecule has 1 N–H and O–H groups in total. The van der Waals surface area contributed by atoms with Crippen LogP contribution in [0.2, 0.25) is 0 Å². The van der Waals surface area contributed by atoms with Gasteiger partial charge in [0.15, 0.2) is 6.10 Å². The zero-order valence-electron chi connectivity index (χ0n) is 26.4. The minimum absolute atomic E-state index is 0.0500. The lowest BCUT2D eigenvalue weighted by Crippen LogP contribution is -2.58. The van der Waals surface area contributed by atoms with Crippen molar-refractivity contribution in [2.24, 2.45) is 5.41 Å². The van der Waals surface area contributed by atoms with Crippen LogP contribution in [0.1, 0.15) is 36.3 Å². The van der Waals surface area contributed by atoms with Crippen molar-refractivity contribution in [3.63, 3.8) is 0 Å². The number of β-lactam (4-membered cyclic amide) rings is 1. The van der Waals surface area contributed by atoms with Gasteiger partial charge in [0, 0.05) is 56.5 Å². The van der Waals surface area contributed by atoms with Gasteiger partial charge in [-0.1, -0.05) is 73.7 Å². The molecule has 3 aliphatic rings. The van der Waals surface area contributed by atoms with Crippen LogP contribution >= 0.6 is 0 Å². The Hall–Kier alpha value is -4.54. The van der Waals surface area contributed by atoms with E-state index in [0.717, 1.165) is 43.9 Å². The number of esters is 1. The van der Waals surface area contributed by atoms with Gasteiger partial charge in [-0.3, -0.25) is 14.7 Å². The van der Waals surface area contributed by atoms with Crippen molar-refractivity contribution in [3.8, 4) is 0 Å². The predicted molar refractivity (Wildman–Crippen MR) is 173 cm³/mol. The van der Waals surface area contributed by atoms with Crippen LogP contribution in [0.3, 0.4) is 0 Å². The summed E-state index contributed by atoms with van der Waals surface area (Å²) < 4.78 is 12.0. The third-order valence-electron chi connectivity index (χ3n) is 9.25. The summed E-state index contributed by atoms with van der Waals surface area (Å²) in [6.07, 6.45) is 2.68. The number of aromatic nitrogens is 1. The van der Waals surface area contributed by atoms with Gasteiger partial charge in [-0.25, -0.2) is 9.59 Å². The van der Waals surface area contributed by atoms with Crippen LogP contribution in [0.25, 0.3) is 6.08 Å². The number of rotatable bonds is 10. The Morgan fingerprint density at radius 3 is 2.26 bits per heavy atom. The van der Waals surface area contributed by atoms with Crippen LogP contribution in [0.5, 0.6) is 0 Å². The second kappa shape index (κ2) is 13.8. The first kappa shape index (κ1) is 31.4. The van der Waals surface area contributed by atoms with Crippen molar-refractivity contribution in [1.82, 2.24) is 25.0 Å². The summed E-state index contributed by atoms with van der Waals surface area (Å²) in [7, 11) is 2.11. The standard InChI is InChI=1S/C36H41N5O5/c1-36(25-45-35(44)38-17-18-40-21-19-39(2)20-22-40)24-30-29(23-28-15-9-10-16-37-28)33(42)41(30)32(36)34(43)46-31(26-11-5-3-6-12-26)27-13-7-4-8-14-27/h3-16,23,30-32H,17-22,24-25H2,1-2H3,(H,38,44)/b29-23+/t30?,32-,36-/m0/s1. The quantitative estimate of drug-likeness (QED) is 0.207. The van der Waals surface area contributed by atoms with Crippen LogP contribution in [-0.2, 0) is 19.1 Å². The van der Waals surface area contributed by atoms with E-state index in [9.17, 15) is 14.4 Å². The first-order valence-electron chi connectivity index (χ1n) is 15.9. The Morgan fingerprint density at radius 2 is 1.63 bits per heavy atom. The predicted octanol–water partition coefficient (Wildman–Crippen LogP) is 3.76. The average Bonchev–Trinajstić information content (AvgIpc) is 3.37. The van der Waals surface area contributed by atoms with Crippen molar-refractivity contribution in [3.05, 3.63) is 107 Å². The van der Waals surface area contributed by atoms with Gasteiger partial charge in [-0.05, 0) is 42.8 Å². The third kappa shape index (κ3) is 6.83. The molecule has 0 bridgehead atoms. The number of likely N-dealkylation sites (N-methyl/N-ethyl adjacent to an activating group) is 1. The van der Waals surface area contributed by atoms with Gasteiger partial charge in [0.05, 0.1) is 11.7 Å². The molecule has 3 fully saturated rings. The van der Waals surface area contributed by atoms with E-state index >= 15 is 0 Å². The Labute approximate surface area is 270 Å². The lowest BCUT2D eigenvalue weighted by Gasteiger charge is -2.41. The molecule has 3 atom stereocenters. The molecule has 3 saturated heterocycles. The zero-order chi connectivity index (χ0) is 32.1. The van der Waals surface area contributed by atoms with Crippen LogP contribution in [0, 0.1) is 5.41 Å². The van der Waals surface area contributed by atoms with E-state index in [0.29, 0.717) is 24.2 Å². The van der Waals surface area contributed by atoms with Crippen molar-refractivity contribution < 1.29 is 23.9 Å². The maximum Gasteiger partial charge on any atom is 0.407 e. The maximum absolute atomic E-state index is 14.2. The molecule has 6 rings (SSSR count). The lowest BCUT2D eigenvalue weighted by molar-refractivity contribution is -0.163. The average molecular weight is 624 g/mol. The number of amides is 2. The fourth-order valence-corrected chi connectivity index (χ4v) is 6.66. The molecule has 3 aliphatic heterocycles. The molecule has 1 unspecified atom stereocenters. The highest BCUT2D eigenvalue weighted by atomic mass is 16.6. The summed E-state index contributed by atoms with van der Waals surface area (Å²) in [5, 5.41) is 2.86. The molecule has 2 aromatic carbocycles. The molecule has 3 aromatic rings. The van der Waals surface area contributed by atoms with E-state index in [2.05, 4.69) is 27.1 Å². The number of fused-ring (bicyclic) bond motifs is 1. The Bertz CT molecular complexity index is 1510. The number of pyridine rings is 1. The summed E-state index contributed by atoms with van der Waals surface area (Å²) in [4.78, 5) is 51.2. The summed E-state index contributed by atoms with van der Waals surface area (Å²) in [5.74, 6) is -0.777. The van der Waals surface area contributed by atoms with Gasteiger partial charge < -0.3 is 24.6 Å². The Kier molecular flexibility index (Phi) is 9.46. The fourth-order valence-electron chi connectivity index (χ4n) is 6.66. The van der Waals surface area contributed by atoms with E-state index < -0.39 is 29.6 Å². The molecule has 0 radical (unpaired) electrons. The van der Waals surface area contributed by atoms with Gasteiger partial charge in [0.1, 0.15) is 12.6 Å². The maximum atomic E-state index is 14.2. The Morgan fingerprint density at radius 1 is 0.978 bits per heavy atom. The van der Waals surface area contributed by atoms with Crippen molar-refractivity contribution >= 4 is 24.0 Å². The SMILES string of the molecule is CN1CCN(CCNC(=O)OC[C@]2(C)CC3/C(=C\c4ccccn4)C(=O)N3[C@H]2C(=O)OC(c2ccccc2)c2ccccc2)CC1. The number of hydrogen-bond acceptors (Lipinski definition) is 8. The largest absolute Gasteiger partial charge is 0.451 e. The topological polar surface area (TPSA) is 104 Å². The number of benzene rings is 2. The normalized spacial score (nSPS) is 24.0. The summed E-state index contributed by atoms with van der Waals surface area (Å²) in [6.45, 7) is 6.97. The molecule has 240 valence electrons. The van der Waals surface area contributed by atoms with Crippen molar-refractivity contribution in [2.45, 2.75) is 31.5 Å². The second-order valence-corrected chi connectivity index (χ2v) is 12.6. The van der Waals surface area contributed by atoms with Gasteiger partial charge >= 0.3 is 12.1 Å². The van der Waals surface area contributed by atoms with Gasteiger partial charge in [-0.15, -0.1) is 0 Å². The van der Waals surface area contributed by atoms with E-state index in [1.54, 1.807) is 17.2 Å². The van der Waals surface area contributed by atoms with Crippen LogP contribution < -0.4 is 5.32 Å². The second-order valence-electron chi connectivity index (χ2n) is 12.6. The third-order valence-corrected chi connectivity index (χ3v) is 9.25. The number of alkyl carbamates (subject to hydrolysis) is 1.